The number of ether oxygens (including phenoxy) is 3. The molecule has 0 N–H and O–H groups in total. The molecule has 0 aliphatic carbocycles. The molecule has 26 heavy (non-hydrogen) atoms. The van der Waals surface area contributed by atoms with E-state index in [0.29, 0.717) is 22.3 Å². The molecule has 3 rings (SSSR count). The lowest BCUT2D eigenvalue weighted by Crippen LogP contribution is -2.09. The molecule has 0 bridgehead atoms. The third kappa shape index (κ3) is 3.78. The fourth-order valence-corrected chi connectivity index (χ4v) is 2.41. The maximum absolute atomic E-state index is 12.4. The zero-order chi connectivity index (χ0) is 18.5. The Balaban J connectivity index is 1.72. The molecule has 134 valence electrons. The van der Waals surface area contributed by atoms with E-state index in [0.717, 1.165) is 5.56 Å². The van der Waals surface area contributed by atoms with E-state index in [-0.39, 0.29) is 18.1 Å². The highest BCUT2D eigenvalue weighted by Gasteiger charge is 2.21. The molecule has 0 aliphatic heterocycles. The molecule has 3 aromatic rings. The summed E-state index contributed by atoms with van der Waals surface area (Å²) in [7, 11) is 2.92. The zero-order valence-corrected chi connectivity index (χ0v) is 14.8. The van der Waals surface area contributed by atoms with Gasteiger partial charge in [0.2, 0.25) is 5.82 Å². The second-order valence-corrected chi connectivity index (χ2v) is 5.57. The lowest BCUT2D eigenvalue weighted by molar-refractivity contribution is 0.0422. The molecule has 1 aromatic heterocycles. The highest BCUT2D eigenvalue weighted by molar-refractivity contribution is 6.30. The fourth-order valence-electron chi connectivity index (χ4n) is 2.28. The van der Waals surface area contributed by atoms with Crippen LogP contribution in [0.1, 0.15) is 16.2 Å². The lowest BCUT2D eigenvalue weighted by Gasteiger charge is -2.11. The second kappa shape index (κ2) is 7.88. The van der Waals surface area contributed by atoms with Crippen LogP contribution in [0.3, 0.4) is 0 Å². The van der Waals surface area contributed by atoms with Crippen molar-refractivity contribution in [2.75, 3.05) is 14.2 Å². The van der Waals surface area contributed by atoms with Crippen LogP contribution in [-0.4, -0.2) is 30.3 Å². The summed E-state index contributed by atoms with van der Waals surface area (Å²) in [5, 5.41) is 4.47. The van der Waals surface area contributed by atoms with Gasteiger partial charge in [-0.15, -0.1) is 0 Å². The first-order valence-corrected chi connectivity index (χ1v) is 7.97. The molecular formula is C18H15ClN2O5. The summed E-state index contributed by atoms with van der Waals surface area (Å²) < 4.78 is 20.7. The minimum Gasteiger partial charge on any atom is -0.496 e. The van der Waals surface area contributed by atoms with E-state index in [1.807, 2.05) is 0 Å². The molecule has 0 spiro atoms. The molecule has 2 aromatic carbocycles. The number of esters is 1. The zero-order valence-electron chi connectivity index (χ0n) is 14.1. The first kappa shape index (κ1) is 17.8. The highest BCUT2D eigenvalue weighted by Crippen LogP contribution is 2.29. The summed E-state index contributed by atoms with van der Waals surface area (Å²) >= 11 is 5.85. The highest BCUT2D eigenvalue weighted by atomic mass is 35.5. The van der Waals surface area contributed by atoms with Gasteiger partial charge in [0.25, 0.3) is 5.89 Å². The standard InChI is InChI=1S/C18H15ClN2O5/c1-23-13-4-3-5-14(24-2)16(13)18(22)25-10-15-20-17(21-26-15)11-6-8-12(19)9-7-11/h3-9H,10H2,1-2H3. The van der Waals surface area contributed by atoms with Crippen molar-refractivity contribution in [3.8, 4) is 22.9 Å². The molecule has 0 atom stereocenters. The number of rotatable bonds is 6. The van der Waals surface area contributed by atoms with Gasteiger partial charge in [-0.2, -0.15) is 4.98 Å². The normalized spacial score (nSPS) is 10.4. The van der Waals surface area contributed by atoms with Crippen LogP contribution in [-0.2, 0) is 11.3 Å². The van der Waals surface area contributed by atoms with E-state index in [9.17, 15) is 4.79 Å². The molecule has 0 radical (unpaired) electrons. The first-order valence-electron chi connectivity index (χ1n) is 7.59. The molecule has 1 heterocycles. The minimum absolute atomic E-state index is 0.164. The Labute approximate surface area is 154 Å². The minimum atomic E-state index is -0.620. The number of hydrogen-bond acceptors (Lipinski definition) is 7. The Morgan fingerprint density at radius 2 is 1.73 bits per heavy atom. The number of aromatic nitrogens is 2. The van der Waals surface area contributed by atoms with Crippen molar-refractivity contribution in [2.24, 2.45) is 0 Å². The molecule has 0 saturated carbocycles. The first-order chi connectivity index (χ1) is 12.6. The van der Waals surface area contributed by atoms with Crippen LogP contribution in [0.25, 0.3) is 11.4 Å². The lowest BCUT2D eigenvalue weighted by atomic mass is 10.2. The van der Waals surface area contributed by atoms with Gasteiger partial charge < -0.3 is 18.7 Å². The van der Waals surface area contributed by atoms with Crippen LogP contribution in [0.2, 0.25) is 5.02 Å². The van der Waals surface area contributed by atoms with E-state index in [1.165, 1.54) is 14.2 Å². The molecule has 7 nitrogen and oxygen atoms in total. The van der Waals surface area contributed by atoms with Gasteiger partial charge in [-0.25, -0.2) is 4.79 Å². The maximum Gasteiger partial charge on any atom is 0.346 e. The Morgan fingerprint density at radius 3 is 2.35 bits per heavy atom. The van der Waals surface area contributed by atoms with Gasteiger partial charge in [0.1, 0.15) is 17.1 Å². The van der Waals surface area contributed by atoms with Gasteiger partial charge in [0, 0.05) is 10.6 Å². The summed E-state index contributed by atoms with van der Waals surface area (Å²) in [6.07, 6.45) is 0. The third-order valence-electron chi connectivity index (χ3n) is 3.53. The van der Waals surface area contributed by atoms with Gasteiger partial charge in [0.15, 0.2) is 6.61 Å². The summed E-state index contributed by atoms with van der Waals surface area (Å²) in [4.78, 5) is 16.6. The predicted molar refractivity (Wildman–Crippen MR) is 93.4 cm³/mol. The Bertz CT molecular complexity index is 886. The predicted octanol–water partition coefficient (Wildman–Crippen LogP) is 3.76. The monoisotopic (exact) mass is 374 g/mol. The van der Waals surface area contributed by atoms with Crippen molar-refractivity contribution < 1.29 is 23.5 Å². The smallest absolute Gasteiger partial charge is 0.346 e. The summed E-state index contributed by atoms with van der Waals surface area (Å²) in [5.74, 6) is 0.619. The number of carbonyl (C=O) groups excluding carboxylic acids is 1. The molecule has 0 aliphatic rings. The maximum atomic E-state index is 12.4. The third-order valence-corrected chi connectivity index (χ3v) is 3.78. The van der Waals surface area contributed by atoms with Crippen molar-refractivity contribution in [3.63, 3.8) is 0 Å². The van der Waals surface area contributed by atoms with Gasteiger partial charge in [0.05, 0.1) is 14.2 Å². The van der Waals surface area contributed by atoms with Gasteiger partial charge in [-0.1, -0.05) is 22.8 Å². The van der Waals surface area contributed by atoms with Crippen molar-refractivity contribution >= 4 is 17.6 Å². The average molecular weight is 375 g/mol. The van der Waals surface area contributed by atoms with E-state index < -0.39 is 5.97 Å². The number of nitrogens with zero attached hydrogens (tertiary/aromatic N) is 2. The van der Waals surface area contributed by atoms with E-state index >= 15 is 0 Å². The summed E-state index contributed by atoms with van der Waals surface area (Å²) in [6.45, 7) is -0.180. The SMILES string of the molecule is COc1cccc(OC)c1C(=O)OCc1nc(-c2ccc(Cl)cc2)no1. The van der Waals surface area contributed by atoms with Crippen molar-refractivity contribution in [1.82, 2.24) is 10.1 Å². The van der Waals surface area contributed by atoms with Crippen LogP contribution in [0, 0.1) is 0 Å². The summed E-state index contributed by atoms with van der Waals surface area (Å²) in [6, 6.07) is 12.0. The van der Waals surface area contributed by atoms with Crippen molar-refractivity contribution in [3.05, 3.63) is 58.9 Å². The van der Waals surface area contributed by atoms with Crippen molar-refractivity contribution in [1.29, 1.82) is 0 Å². The quantitative estimate of drug-likeness (QED) is 0.607. The molecule has 0 unspecified atom stereocenters. The summed E-state index contributed by atoms with van der Waals surface area (Å²) in [5.41, 5.74) is 0.928. The van der Waals surface area contributed by atoms with Gasteiger partial charge in [-0.05, 0) is 36.4 Å². The van der Waals surface area contributed by atoms with E-state index in [2.05, 4.69) is 10.1 Å². The van der Waals surface area contributed by atoms with Crippen molar-refractivity contribution in [2.45, 2.75) is 6.61 Å². The number of halogens is 1. The fraction of sp³-hybridized carbons (Fsp3) is 0.167. The largest absolute Gasteiger partial charge is 0.496 e. The van der Waals surface area contributed by atoms with Crippen LogP contribution < -0.4 is 9.47 Å². The number of methoxy groups -OCH3 is 2. The van der Waals surface area contributed by atoms with Crippen LogP contribution in [0.4, 0.5) is 0 Å². The molecule has 0 amide bonds. The Kier molecular flexibility index (Phi) is 5.38. The molecule has 0 fully saturated rings. The Hall–Kier alpha value is -3.06. The van der Waals surface area contributed by atoms with Crippen LogP contribution in [0.5, 0.6) is 11.5 Å². The van der Waals surface area contributed by atoms with Gasteiger partial charge >= 0.3 is 5.97 Å². The van der Waals surface area contributed by atoms with Crippen LogP contribution >= 0.6 is 11.6 Å². The molecule has 8 heteroatoms. The molecule has 0 saturated heterocycles. The van der Waals surface area contributed by atoms with Crippen LogP contribution in [0.15, 0.2) is 47.0 Å². The number of carbonyl (C=O) groups is 1. The van der Waals surface area contributed by atoms with Gasteiger partial charge in [-0.3, -0.25) is 0 Å². The molecular weight excluding hydrogens is 360 g/mol. The van der Waals surface area contributed by atoms with E-state index in [1.54, 1.807) is 42.5 Å². The Morgan fingerprint density at radius 1 is 1.08 bits per heavy atom. The topological polar surface area (TPSA) is 83.7 Å². The number of hydrogen-bond donors (Lipinski definition) is 0. The second-order valence-electron chi connectivity index (χ2n) is 5.13. The number of benzene rings is 2. The average Bonchev–Trinajstić information content (AvgIpc) is 3.15. The van der Waals surface area contributed by atoms with E-state index in [4.69, 9.17) is 30.3 Å².